The number of benzene rings is 3. The molecule has 0 saturated heterocycles. The van der Waals surface area contributed by atoms with Crippen molar-refractivity contribution in [3.8, 4) is 5.75 Å². The standard InChI is InChI=1S/C20H12O3/c21-18-12-19(23-15-8-2-1-3-9-15)20(22)17-11-14-7-5-4-6-13(14)10-16(17)18/h1-12H. The second kappa shape index (κ2) is 5.21. The van der Waals surface area contributed by atoms with Gasteiger partial charge in [-0.25, -0.2) is 0 Å². The summed E-state index contributed by atoms with van der Waals surface area (Å²) >= 11 is 0. The number of carbonyl (C=O) groups is 2. The minimum Gasteiger partial charge on any atom is -0.453 e. The topological polar surface area (TPSA) is 43.4 Å². The number of fused-ring (bicyclic) bond motifs is 2. The number of carbonyl (C=O) groups excluding carboxylic acids is 2. The van der Waals surface area contributed by atoms with Crippen molar-refractivity contribution >= 4 is 22.3 Å². The number of Topliss-reactive ketones (excluding diaryl/α,β-unsaturated/α-hetero) is 1. The van der Waals surface area contributed by atoms with Gasteiger partial charge in [0.1, 0.15) is 5.75 Å². The van der Waals surface area contributed by atoms with Crippen LogP contribution in [0.1, 0.15) is 20.7 Å². The van der Waals surface area contributed by atoms with Crippen LogP contribution < -0.4 is 4.74 Å². The van der Waals surface area contributed by atoms with E-state index in [9.17, 15) is 9.59 Å². The Labute approximate surface area is 132 Å². The van der Waals surface area contributed by atoms with Gasteiger partial charge in [0.15, 0.2) is 11.5 Å². The lowest BCUT2D eigenvalue weighted by atomic mass is 9.90. The molecular formula is C20H12O3. The Morgan fingerprint density at radius 2 is 1.30 bits per heavy atom. The maximum atomic E-state index is 12.7. The van der Waals surface area contributed by atoms with Crippen LogP contribution in [0.2, 0.25) is 0 Å². The quantitative estimate of drug-likeness (QED) is 0.713. The molecule has 0 aromatic heterocycles. The molecule has 0 fully saturated rings. The highest BCUT2D eigenvalue weighted by Crippen LogP contribution is 2.28. The van der Waals surface area contributed by atoms with Crippen LogP contribution in [-0.2, 0) is 0 Å². The third-order valence-electron chi connectivity index (χ3n) is 3.85. The molecule has 0 unspecified atom stereocenters. The zero-order chi connectivity index (χ0) is 15.8. The highest BCUT2D eigenvalue weighted by molar-refractivity contribution is 6.25. The summed E-state index contributed by atoms with van der Waals surface area (Å²) in [5.74, 6) is 0.110. The molecule has 3 aromatic rings. The molecule has 3 aromatic carbocycles. The Morgan fingerprint density at radius 1 is 0.696 bits per heavy atom. The fourth-order valence-corrected chi connectivity index (χ4v) is 2.72. The van der Waals surface area contributed by atoms with E-state index >= 15 is 0 Å². The van der Waals surface area contributed by atoms with Crippen LogP contribution in [-0.4, -0.2) is 11.6 Å². The average molecular weight is 300 g/mol. The van der Waals surface area contributed by atoms with Gasteiger partial charge in [-0.3, -0.25) is 9.59 Å². The molecule has 1 aliphatic rings. The van der Waals surface area contributed by atoms with E-state index in [1.807, 2.05) is 42.5 Å². The molecule has 4 rings (SSSR count). The van der Waals surface area contributed by atoms with Gasteiger partial charge in [0, 0.05) is 17.2 Å². The van der Waals surface area contributed by atoms with E-state index in [0.717, 1.165) is 10.8 Å². The van der Waals surface area contributed by atoms with Gasteiger partial charge in [-0.05, 0) is 35.0 Å². The summed E-state index contributed by atoms with van der Waals surface area (Å²) in [6.45, 7) is 0. The number of ether oxygens (including phenoxy) is 1. The molecule has 0 spiro atoms. The Morgan fingerprint density at radius 3 is 2.00 bits per heavy atom. The molecule has 0 aliphatic heterocycles. The monoisotopic (exact) mass is 300 g/mol. The van der Waals surface area contributed by atoms with Crippen LogP contribution >= 0.6 is 0 Å². The van der Waals surface area contributed by atoms with Crippen LogP contribution in [0.25, 0.3) is 10.8 Å². The first-order chi connectivity index (χ1) is 11.2. The van der Waals surface area contributed by atoms with Crippen molar-refractivity contribution in [3.05, 3.63) is 89.7 Å². The predicted molar refractivity (Wildman–Crippen MR) is 87.8 cm³/mol. The van der Waals surface area contributed by atoms with Crippen LogP contribution in [0, 0.1) is 0 Å². The lowest BCUT2D eigenvalue weighted by Gasteiger charge is -2.16. The highest BCUT2D eigenvalue weighted by atomic mass is 16.5. The van der Waals surface area contributed by atoms with Gasteiger partial charge in [-0.2, -0.15) is 0 Å². The van der Waals surface area contributed by atoms with Crippen LogP contribution in [0.3, 0.4) is 0 Å². The van der Waals surface area contributed by atoms with Gasteiger partial charge in [-0.1, -0.05) is 42.5 Å². The van der Waals surface area contributed by atoms with Crippen LogP contribution in [0.15, 0.2) is 78.6 Å². The number of ketones is 2. The first kappa shape index (κ1) is 13.5. The third kappa shape index (κ3) is 2.32. The van der Waals surface area contributed by atoms with Crippen molar-refractivity contribution in [3.63, 3.8) is 0 Å². The molecule has 0 heterocycles. The second-order valence-electron chi connectivity index (χ2n) is 5.36. The minimum atomic E-state index is -0.269. The van der Waals surface area contributed by atoms with E-state index < -0.39 is 0 Å². The Balaban J connectivity index is 1.79. The van der Waals surface area contributed by atoms with Gasteiger partial charge in [0.05, 0.1) is 0 Å². The van der Waals surface area contributed by atoms with Crippen molar-refractivity contribution < 1.29 is 14.3 Å². The zero-order valence-electron chi connectivity index (χ0n) is 12.2. The number of para-hydroxylation sites is 1. The Kier molecular flexibility index (Phi) is 3.05. The summed E-state index contributed by atoms with van der Waals surface area (Å²) < 4.78 is 5.60. The molecule has 3 heteroatoms. The second-order valence-corrected chi connectivity index (χ2v) is 5.36. The highest BCUT2D eigenvalue weighted by Gasteiger charge is 2.27. The molecule has 0 amide bonds. The molecule has 0 saturated carbocycles. The number of hydrogen-bond donors (Lipinski definition) is 0. The lowest BCUT2D eigenvalue weighted by Crippen LogP contribution is -2.20. The SMILES string of the molecule is O=C1C=C(Oc2ccccc2)C(=O)c2cc3ccccc3cc21. The molecular weight excluding hydrogens is 288 g/mol. The normalized spacial score (nSPS) is 13.7. The van der Waals surface area contributed by atoms with E-state index in [2.05, 4.69) is 0 Å². The Hall–Kier alpha value is -3.20. The fourth-order valence-electron chi connectivity index (χ4n) is 2.72. The number of hydrogen-bond acceptors (Lipinski definition) is 3. The number of allylic oxidation sites excluding steroid dienone is 2. The van der Waals surface area contributed by atoms with Gasteiger partial charge in [-0.15, -0.1) is 0 Å². The first-order valence-electron chi connectivity index (χ1n) is 7.29. The molecule has 23 heavy (non-hydrogen) atoms. The zero-order valence-corrected chi connectivity index (χ0v) is 12.2. The number of rotatable bonds is 2. The lowest BCUT2D eigenvalue weighted by molar-refractivity contribution is 0.0947. The van der Waals surface area contributed by atoms with E-state index in [0.29, 0.717) is 16.9 Å². The smallest absolute Gasteiger partial charge is 0.229 e. The molecule has 110 valence electrons. The summed E-state index contributed by atoms with van der Waals surface area (Å²) in [4.78, 5) is 25.0. The summed E-state index contributed by atoms with van der Waals surface area (Å²) in [6, 6.07) is 20.1. The van der Waals surface area contributed by atoms with Crippen LogP contribution in [0.4, 0.5) is 0 Å². The predicted octanol–water partition coefficient (Wildman–Crippen LogP) is 4.18. The van der Waals surface area contributed by atoms with Gasteiger partial charge in [0.2, 0.25) is 5.78 Å². The van der Waals surface area contributed by atoms with Crippen LogP contribution in [0.5, 0.6) is 5.75 Å². The maximum absolute atomic E-state index is 12.7. The summed E-state index contributed by atoms with van der Waals surface area (Å²) in [7, 11) is 0. The van der Waals surface area contributed by atoms with Gasteiger partial charge in [0.25, 0.3) is 0 Å². The maximum Gasteiger partial charge on any atom is 0.229 e. The van der Waals surface area contributed by atoms with Crippen molar-refractivity contribution in [2.24, 2.45) is 0 Å². The minimum absolute atomic E-state index is 0.0592. The van der Waals surface area contributed by atoms with E-state index in [4.69, 9.17) is 4.74 Å². The molecule has 3 nitrogen and oxygen atoms in total. The summed E-state index contributed by atoms with van der Waals surface area (Å²) in [5, 5.41) is 1.86. The fraction of sp³-hybridized carbons (Fsp3) is 0. The van der Waals surface area contributed by atoms with Crippen molar-refractivity contribution in [1.82, 2.24) is 0 Å². The average Bonchev–Trinajstić information content (AvgIpc) is 2.59. The van der Waals surface area contributed by atoms with E-state index in [1.165, 1.54) is 6.08 Å². The van der Waals surface area contributed by atoms with E-state index in [1.54, 1.807) is 24.3 Å². The van der Waals surface area contributed by atoms with Crippen molar-refractivity contribution in [2.75, 3.05) is 0 Å². The molecule has 0 N–H and O–H groups in total. The molecule has 1 aliphatic carbocycles. The van der Waals surface area contributed by atoms with Gasteiger partial charge < -0.3 is 4.74 Å². The Bertz CT molecular complexity index is 969. The summed E-state index contributed by atoms with van der Waals surface area (Å²) in [6.07, 6.45) is 1.27. The molecule has 0 atom stereocenters. The van der Waals surface area contributed by atoms with E-state index in [-0.39, 0.29) is 17.3 Å². The first-order valence-corrected chi connectivity index (χ1v) is 7.29. The largest absolute Gasteiger partial charge is 0.453 e. The summed E-state index contributed by atoms with van der Waals surface area (Å²) in [5.41, 5.74) is 0.816. The molecule has 0 bridgehead atoms. The van der Waals surface area contributed by atoms with Gasteiger partial charge >= 0.3 is 0 Å². The molecule has 0 radical (unpaired) electrons. The van der Waals surface area contributed by atoms with Crippen molar-refractivity contribution in [2.45, 2.75) is 0 Å². The van der Waals surface area contributed by atoms with Crippen molar-refractivity contribution in [1.29, 1.82) is 0 Å². The third-order valence-corrected chi connectivity index (χ3v) is 3.85.